The van der Waals surface area contributed by atoms with Crippen LogP contribution in [0.15, 0.2) is 0 Å². The molecule has 4 N–H and O–H groups in total. The highest BCUT2D eigenvalue weighted by molar-refractivity contribution is 5.68. The fraction of sp³-hybridized carbons (Fsp3) is 0.600. The molecule has 1 aromatic rings. The Morgan fingerprint density at radius 1 is 1.00 bits per heavy atom. The normalized spacial score (nSPS) is 10.0. The van der Waals surface area contributed by atoms with E-state index in [4.69, 9.17) is 17.0 Å². The summed E-state index contributed by atoms with van der Waals surface area (Å²) < 4.78 is 0. The molecule has 17 heavy (non-hydrogen) atoms. The molecular formula is C10H17N7. The Balaban J connectivity index is 2.87. The molecule has 7 heteroatoms. The molecule has 1 heterocycles. The largest absolute Gasteiger partial charge is 0.361 e. The van der Waals surface area contributed by atoms with E-state index in [-0.39, 0.29) is 0 Å². The van der Waals surface area contributed by atoms with Crippen molar-refractivity contribution in [2.24, 2.45) is 11.5 Å². The molecule has 0 saturated carbocycles. The van der Waals surface area contributed by atoms with Crippen molar-refractivity contribution < 1.29 is 4.79 Å². The third kappa shape index (κ3) is 4.78. The molecule has 0 aromatic carbocycles. The van der Waals surface area contributed by atoms with Gasteiger partial charge in [-0.1, -0.05) is 0 Å². The Labute approximate surface area is 99.9 Å². The van der Waals surface area contributed by atoms with Gasteiger partial charge in [0, 0.05) is 12.8 Å². The molecule has 0 saturated heterocycles. The molecule has 0 bridgehead atoms. The van der Waals surface area contributed by atoms with Gasteiger partial charge in [-0.05, 0) is 25.9 Å². The Kier molecular flexibility index (Phi) is 5.95. The number of aromatic nitrogens is 3. The SMILES string of the molecule is [N-]=[N+]=Cc1nc(CCCN)nc(CCCN)n1. The first-order valence-corrected chi connectivity index (χ1v) is 5.61. The minimum atomic E-state index is 0.363. The van der Waals surface area contributed by atoms with Gasteiger partial charge in [0.1, 0.15) is 11.6 Å². The van der Waals surface area contributed by atoms with Crippen LogP contribution >= 0.6 is 0 Å². The van der Waals surface area contributed by atoms with Crippen LogP contribution in [0.3, 0.4) is 0 Å². The zero-order chi connectivity index (χ0) is 12.5. The summed E-state index contributed by atoms with van der Waals surface area (Å²) in [5, 5.41) is 0. The van der Waals surface area contributed by atoms with E-state index < -0.39 is 0 Å². The van der Waals surface area contributed by atoms with Crippen molar-refractivity contribution in [1.29, 1.82) is 0 Å². The van der Waals surface area contributed by atoms with Crippen LogP contribution in [0.5, 0.6) is 0 Å². The molecule has 0 fully saturated rings. The first-order valence-electron chi connectivity index (χ1n) is 5.61. The Hall–Kier alpha value is -1.69. The number of aryl methyl sites for hydroxylation is 2. The van der Waals surface area contributed by atoms with E-state index in [1.54, 1.807) is 0 Å². The van der Waals surface area contributed by atoms with Gasteiger partial charge in [-0.3, -0.25) is 0 Å². The molecule has 7 nitrogen and oxygen atoms in total. The predicted molar refractivity (Wildman–Crippen MR) is 63.4 cm³/mol. The van der Waals surface area contributed by atoms with Gasteiger partial charge >= 0.3 is 6.21 Å². The highest BCUT2D eigenvalue weighted by atomic mass is 15.0. The summed E-state index contributed by atoms with van der Waals surface area (Å²) in [4.78, 5) is 15.5. The van der Waals surface area contributed by atoms with Crippen LogP contribution in [0.25, 0.3) is 5.53 Å². The van der Waals surface area contributed by atoms with Gasteiger partial charge in [-0.25, -0.2) is 15.0 Å². The molecule has 1 rings (SSSR count). The summed E-state index contributed by atoms with van der Waals surface area (Å²) in [6, 6.07) is 0. The van der Waals surface area contributed by atoms with Gasteiger partial charge in [0.2, 0.25) is 5.82 Å². The number of nitrogens with zero attached hydrogens (tertiary/aromatic N) is 5. The van der Waals surface area contributed by atoms with Gasteiger partial charge in [-0.2, -0.15) is 4.79 Å². The monoisotopic (exact) mass is 235 g/mol. The maximum atomic E-state index is 8.48. The molecule has 0 spiro atoms. The minimum Gasteiger partial charge on any atom is -0.361 e. The van der Waals surface area contributed by atoms with Gasteiger partial charge in [0.15, 0.2) is 0 Å². The number of nitrogens with two attached hydrogens (primary N) is 2. The molecule has 0 radical (unpaired) electrons. The number of rotatable bonds is 7. The van der Waals surface area contributed by atoms with E-state index in [9.17, 15) is 0 Å². The summed E-state index contributed by atoms with van der Waals surface area (Å²) in [5.41, 5.74) is 19.4. The molecule has 92 valence electrons. The summed E-state index contributed by atoms with van der Waals surface area (Å²) >= 11 is 0. The average molecular weight is 235 g/mol. The fourth-order valence-corrected chi connectivity index (χ4v) is 1.34. The van der Waals surface area contributed by atoms with Crippen molar-refractivity contribution in [1.82, 2.24) is 15.0 Å². The van der Waals surface area contributed by atoms with Gasteiger partial charge in [0.25, 0.3) is 0 Å². The van der Waals surface area contributed by atoms with Crippen LogP contribution in [-0.2, 0) is 12.8 Å². The summed E-state index contributed by atoms with van der Waals surface area (Å²) in [5.74, 6) is 1.71. The van der Waals surface area contributed by atoms with E-state index >= 15 is 0 Å². The zero-order valence-electron chi connectivity index (χ0n) is 9.71. The molecule has 0 aliphatic rings. The lowest BCUT2D eigenvalue weighted by Crippen LogP contribution is -2.11. The zero-order valence-corrected chi connectivity index (χ0v) is 9.71. The minimum absolute atomic E-state index is 0.363. The first kappa shape index (κ1) is 13.4. The lowest BCUT2D eigenvalue weighted by Gasteiger charge is -2.02. The Morgan fingerprint density at radius 3 is 1.94 bits per heavy atom. The maximum absolute atomic E-state index is 8.48. The van der Waals surface area contributed by atoms with Crippen molar-refractivity contribution >= 4 is 6.21 Å². The Bertz CT molecular complexity index is 371. The molecule has 1 aromatic heterocycles. The maximum Gasteiger partial charge on any atom is 0.324 e. The van der Waals surface area contributed by atoms with E-state index in [0.29, 0.717) is 43.4 Å². The van der Waals surface area contributed by atoms with E-state index in [1.807, 2.05) is 0 Å². The Morgan fingerprint density at radius 2 is 1.53 bits per heavy atom. The average Bonchev–Trinajstić information content (AvgIpc) is 2.34. The highest BCUT2D eigenvalue weighted by Crippen LogP contribution is 2.00. The molecule has 0 aliphatic heterocycles. The second-order valence-corrected chi connectivity index (χ2v) is 3.56. The van der Waals surface area contributed by atoms with Crippen molar-refractivity contribution in [3.05, 3.63) is 23.0 Å². The predicted octanol–water partition coefficient (Wildman–Crippen LogP) is -0.697. The standard InChI is InChI=1S/C10H17N7/c11-5-1-3-8-15-9(4-2-6-12)17-10(16-8)7-14-13/h7H,1-6,11-12H2. The van der Waals surface area contributed by atoms with Crippen LogP contribution in [0, 0.1) is 0 Å². The third-order valence-electron chi connectivity index (χ3n) is 2.13. The van der Waals surface area contributed by atoms with Gasteiger partial charge in [0.05, 0.1) is 0 Å². The van der Waals surface area contributed by atoms with Crippen molar-refractivity contribution in [3.63, 3.8) is 0 Å². The molecular weight excluding hydrogens is 218 g/mol. The first-order chi connectivity index (χ1) is 8.30. The highest BCUT2D eigenvalue weighted by Gasteiger charge is 2.07. The second-order valence-electron chi connectivity index (χ2n) is 3.56. The number of hydrogen-bond donors (Lipinski definition) is 2. The lowest BCUT2D eigenvalue weighted by molar-refractivity contribution is 0.00388. The van der Waals surface area contributed by atoms with Crippen molar-refractivity contribution in [2.75, 3.05) is 13.1 Å². The van der Waals surface area contributed by atoms with Crippen LogP contribution in [0.2, 0.25) is 0 Å². The molecule has 0 unspecified atom stereocenters. The van der Waals surface area contributed by atoms with Crippen molar-refractivity contribution in [3.8, 4) is 0 Å². The molecule has 0 amide bonds. The van der Waals surface area contributed by atoms with Crippen molar-refractivity contribution in [2.45, 2.75) is 25.7 Å². The van der Waals surface area contributed by atoms with Gasteiger partial charge < -0.3 is 17.0 Å². The number of hydrogen-bond acceptors (Lipinski definition) is 5. The van der Waals surface area contributed by atoms with Crippen LogP contribution < -0.4 is 11.5 Å². The van der Waals surface area contributed by atoms with E-state index in [1.165, 1.54) is 6.21 Å². The quantitative estimate of drug-likeness (QED) is 0.367. The summed E-state index contributed by atoms with van der Waals surface area (Å²) in [6.07, 6.45) is 4.22. The fourth-order valence-electron chi connectivity index (χ4n) is 1.34. The van der Waals surface area contributed by atoms with E-state index in [0.717, 1.165) is 12.8 Å². The van der Waals surface area contributed by atoms with Gasteiger partial charge in [-0.15, -0.1) is 0 Å². The smallest absolute Gasteiger partial charge is 0.324 e. The second kappa shape index (κ2) is 7.56. The third-order valence-corrected chi connectivity index (χ3v) is 2.13. The topological polar surface area (TPSA) is 127 Å². The summed E-state index contributed by atoms with van der Waals surface area (Å²) in [7, 11) is 0. The van der Waals surface area contributed by atoms with Crippen LogP contribution in [-0.4, -0.2) is 39.0 Å². The summed E-state index contributed by atoms with van der Waals surface area (Å²) in [6.45, 7) is 1.18. The van der Waals surface area contributed by atoms with Crippen LogP contribution in [0.4, 0.5) is 0 Å². The van der Waals surface area contributed by atoms with Crippen LogP contribution in [0.1, 0.15) is 30.3 Å². The molecule has 0 atom stereocenters. The molecule has 0 aliphatic carbocycles. The lowest BCUT2D eigenvalue weighted by atomic mass is 10.2. The van der Waals surface area contributed by atoms with E-state index in [2.05, 4.69) is 19.7 Å².